The van der Waals surface area contributed by atoms with Crippen molar-refractivity contribution < 1.29 is 14.3 Å². The minimum Gasteiger partial charge on any atom is -0.495 e. The largest absolute Gasteiger partial charge is 0.495 e. The van der Waals surface area contributed by atoms with Crippen LogP contribution in [0.2, 0.25) is 5.02 Å². The van der Waals surface area contributed by atoms with E-state index in [0.717, 1.165) is 57.2 Å². The summed E-state index contributed by atoms with van der Waals surface area (Å²) in [4.78, 5) is 27.0. The van der Waals surface area contributed by atoms with Crippen LogP contribution in [0.25, 0.3) is 0 Å². The molecule has 2 amide bonds. The van der Waals surface area contributed by atoms with Crippen molar-refractivity contribution in [1.82, 2.24) is 4.90 Å². The maximum Gasteiger partial charge on any atom is 0.249 e. The quantitative estimate of drug-likeness (QED) is 0.740. The second-order valence-corrected chi connectivity index (χ2v) is 8.08. The van der Waals surface area contributed by atoms with Crippen molar-refractivity contribution in [3.05, 3.63) is 34.9 Å². The highest BCUT2D eigenvalue weighted by Crippen LogP contribution is 2.28. The van der Waals surface area contributed by atoms with Crippen LogP contribution >= 0.6 is 11.6 Å². The van der Waals surface area contributed by atoms with E-state index < -0.39 is 0 Å². The number of nitrogens with zero attached hydrogens (tertiary/aromatic N) is 1. The van der Waals surface area contributed by atoms with Gasteiger partial charge in [-0.1, -0.05) is 17.7 Å². The van der Waals surface area contributed by atoms with Gasteiger partial charge >= 0.3 is 0 Å². The molecule has 6 heteroatoms. The molecular weight excluding hydrogens is 376 g/mol. The van der Waals surface area contributed by atoms with Gasteiger partial charge < -0.3 is 15.0 Å². The Hall–Kier alpha value is -2.01. The SMILES string of the molecule is COc1ccc(NC(=O)CC[C@@H]2CCCN(C(=O)C3=CCCCC3)C2)cc1Cl. The van der Waals surface area contributed by atoms with Crippen molar-refractivity contribution >= 4 is 29.1 Å². The van der Waals surface area contributed by atoms with E-state index in [-0.39, 0.29) is 11.8 Å². The van der Waals surface area contributed by atoms with Crippen molar-refractivity contribution in [2.24, 2.45) is 5.92 Å². The smallest absolute Gasteiger partial charge is 0.249 e. The van der Waals surface area contributed by atoms with E-state index in [0.29, 0.717) is 28.8 Å². The predicted molar refractivity (Wildman–Crippen MR) is 112 cm³/mol. The molecule has 3 rings (SSSR count). The highest BCUT2D eigenvalue weighted by atomic mass is 35.5. The molecule has 0 aromatic heterocycles. The fourth-order valence-corrected chi connectivity index (χ4v) is 4.28. The van der Waals surface area contributed by atoms with E-state index in [9.17, 15) is 9.59 Å². The Morgan fingerprint density at radius 2 is 2.14 bits per heavy atom. The standard InChI is InChI=1S/C22H29ClN2O3/c1-28-20-11-10-18(14-19(20)23)24-21(26)12-9-16-6-5-13-25(15-16)22(27)17-7-3-2-4-8-17/h7,10-11,14,16H,2-6,8-9,12-13,15H2,1H3,(H,24,26)/t16-/m0/s1. The summed E-state index contributed by atoms with van der Waals surface area (Å²) >= 11 is 6.10. The maximum absolute atomic E-state index is 12.7. The molecule has 1 atom stereocenters. The van der Waals surface area contributed by atoms with Gasteiger partial charge in [-0.2, -0.15) is 0 Å². The topological polar surface area (TPSA) is 58.6 Å². The third-order valence-corrected chi connectivity index (χ3v) is 5.88. The summed E-state index contributed by atoms with van der Waals surface area (Å²) in [5.74, 6) is 1.15. The number of nitrogens with one attached hydrogen (secondary N) is 1. The van der Waals surface area contributed by atoms with Crippen LogP contribution in [0, 0.1) is 5.92 Å². The number of methoxy groups -OCH3 is 1. The first-order valence-electron chi connectivity index (χ1n) is 10.2. The van der Waals surface area contributed by atoms with Crippen LogP contribution in [0.4, 0.5) is 5.69 Å². The van der Waals surface area contributed by atoms with E-state index in [2.05, 4.69) is 11.4 Å². The predicted octanol–water partition coefficient (Wildman–Crippen LogP) is 4.81. The molecule has 1 aromatic rings. The first-order chi connectivity index (χ1) is 13.6. The first kappa shape index (κ1) is 20.7. The molecule has 0 spiro atoms. The number of allylic oxidation sites excluding steroid dienone is 1. The van der Waals surface area contributed by atoms with Gasteiger partial charge in [0.15, 0.2) is 0 Å². The lowest BCUT2D eigenvalue weighted by Gasteiger charge is -2.34. The molecule has 1 saturated heterocycles. The lowest BCUT2D eigenvalue weighted by Crippen LogP contribution is -2.41. The minimum absolute atomic E-state index is 0.0281. The summed E-state index contributed by atoms with van der Waals surface area (Å²) < 4.78 is 5.12. The molecule has 0 radical (unpaired) electrons. The van der Waals surface area contributed by atoms with E-state index in [1.54, 1.807) is 25.3 Å². The third-order valence-electron chi connectivity index (χ3n) is 5.59. The highest BCUT2D eigenvalue weighted by molar-refractivity contribution is 6.32. The zero-order chi connectivity index (χ0) is 19.9. The van der Waals surface area contributed by atoms with Crippen LogP contribution in [0.3, 0.4) is 0 Å². The summed E-state index contributed by atoms with van der Waals surface area (Å²) in [6, 6.07) is 5.21. The number of anilines is 1. The summed E-state index contributed by atoms with van der Waals surface area (Å²) in [5, 5.41) is 3.36. The molecule has 1 N–H and O–H groups in total. The number of carbonyl (C=O) groups is 2. The van der Waals surface area contributed by atoms with Crippen LogP contribution in [0.15, 0.2) is 29.8 Å². The monoisotopic (exact) mass is 404 g/mol. The summed E-state index contributed by atoms with van der Waals surface area (Å²) in [6.45, 7) is 1.60. The van der Waals surface area contributed by atoms with Gasteiger partial charge in [0.05, 0.1) is 12.1 Å². The lowest BCUT2D eigenvalue weighted by molar-refractivity contribution is -0.129. The molecule has 0 saturated carbocycles. The Balaban J connectivity index is 1.47. The third kappa shape index (κ3) is 5.51. The van der Waals surface area contributed by atoms with Gasteiger partial charge in [0.1, 0.15) is 5.75 Å². The number of piperidine rings is 1. The molecule has 1 aliphatic heterocycles. The molecule has 0 bridgehead atoms. The lowest BCUT2D eigenvalue weighted by atomic mass is 9.91. The summed E-state index contributed by atoms with van der Waals surface area (Å²) in [5.41, 5.74) is 1.65. The van der Waals surface area contributed by atoms with E-state index in [1.807, 2.05) is 4.90 Å². The van der Waals surface area contributed by atoms with Gasteiger partial charge in [0.2, 0.25) is 11.8 Å². The summed E-state index contributed by atoms with van der Waals surface area (Å²) in [7, 11) is 1.56. The molecule has 0 unspecified atom stereocenters. The van der Waals surface area contributed by atoms with Gasteiger partial charge in [-0.25, -0.2) is 0 Å². The second-order valence-electron chi connectivity index (χ2n) is 7.67. The number of halogens is 1. The van der Waals surface area contributed by atoms with Crippen LogP contribution in [0.5, 0.6) is 5.75 Å². The Morgan fingerprint density at radius 1 is 1.29 bits per heavy atom. The van der Waals surface area contributed by atoms with Crippen molar-refractivity contribution in [2.45, 2.75) is 51.4 Å². The van der Waals surface area contributed by atoms with Crippen LogP contribution in [-0.2, 0) is 9.59 Å². The van der Waals surface area contributed by atoms with Gasteiger partial charge in [0.25, 0.3) is 0 Å². The van der Waals surface area contributed by atoms with Crippen molar-refractivity contribution in [1.29, 1.82) is 0 Å². The van der Waals surface area contributed by atoms with Crippen molar-refractivity contribution in [3.8, 4) is 5.75 Å². The number of hydrogen-bond donors (Lipinski definition) is 1. The fourth-order valence-electron chi connectivity index (χ4n) is 4.02. The maximum atomic E-state index is 12.7. The Kier molecular flexibility index (Phi) is 7.37. The number of amides is 2. The Labute approximate surface area is 172 Å². The zero-order valence-electron chi connectivity index (χ0n) is 16.5. The number of carbonyl (C=O) groups excluding carboxylic acids is 2. The number of ether oxygens (including phenoxy) is 1. The normalized spacial score (nSPS) is 19.7. The van der Waals surface area contributed by atoms with E-state index >= 15 is 0 Å². The molecule has 5 nitrogen and oxygen atoms in total. The zero-order valence-corrected chi connectivity index (χ0v) is 17.3. The molecule has 2 aliphatic rings. The van der Waals surface area contributed by atoms with E-state index in [1.165, 1.54) is 6.42 Å². The van der Waals surface area contributed by atoms with E-state index in [4.69, 9.17) is 16.3 Å². The molecule has 1 heterocycles. The highest BCUT2D eigenvalue weighted by Gasteiger charge is 2.26. The number of hydrogen-bond acceptors (Lipinski definition) is 3. The summed E-state index contributed by atoms with van der Waals surface area (Å²) in [6.07, 6.45) is 9.67. The Morgan fingerprint density at radius 3 is 2.86 bits per heavy atom. The first-order valence-corrected chi connectivity index (χ1v) is 10.6. The number of benzene rings is 1. The minimum atomic E-state index is -0.0281. The second kappa shape index (κ2) is 9.97. The van der Waals surface area contributed by atoms with Crippen LogP contribution in [0.1, 0.15) is 51.4 Å². The van der Waals surface area contributed by atoms with Crippen molar-refractivity contribution in [2.75, 3.05) is 25.5 Å². The molecule has 1 aliphatic carbocycles. The van der Waals surface area contributed by atoms with Crippen LogP contribution < -0.4 is 10.1 Å². The number of likely N-dealkylation sites (tertiary alicyclic amines) is 1. The van der Waals surface area contributed by atoms with Gasteiger partial charge in [-0.05, 0) is 69.1 Å². The molecule has 1 aromatic carbocycles. The average Bonchev–Trinajstić information content (AvgIpc) is 2.73. The Bertz CT molecular complexity index is 747. The molecular formula is C22H29ClN2O3. The average molecular weight is 405 g/mol. The van der Waals surface area contributed by atoms with Crippen molar-refractivity contribution in [3.63, 3.8) is 0 Å². The van der Waals surface area contributed by atoms with Gasteiger partial charge in [-0.15, -0.1) is 0 Å². The van der Waals surface area contributed by atoms with Gasteiger partial charge in [-0.3, -0.25) is 9.59 Å². The molecule has 1 fully saturated rings. The fraction of sp³-hybridized carbons (Fsp3) is 0.545. The van der Waals surface area contributed by atoms with Crippen LogP contribution in [-0.4, -0.2) is 36.9 Å². The number of rotatable bonds is 6. The molecule has 152 valence electrons. The molecule has 28 heavy (non-hydrogen) atoms. The van der Waals surface area contributed by atoms with Gasteiger partial charge in [0, 0.05) is 30.8 Å².